The highest BCUT2D eigenvalue weighted by Crippen LogP contribution is 2.18. The van der Waals surface area contributed by atoms with E-state index in [1.54, 1.807) is 23.1 Å². The number of hydrogen-bond donors (Lipinski definition) is 1. The first kappa shape index (κ1) is 18.1. The maximum absolute atomic E-state index is 12.9. The lowest BCUT2D eigenvalue weighted by atomic mass is 10.1. The smallest absolute Gasteiger partial charge is 0.317 e. The Hall–Kier alpha value is -2.70. The normalized spacial score (nSPS) is 17.0. The van der Waals surface area contributed by atoms with Crippen LogP contribution in [0.2, 0.25) is 0 Å². The first-order valence-electron chi connectivity index (χ1n) is 8.76. The SMILES string of the molecule is Cc1cc(OC2CCCN(C(=O)NCc3ccc(F)cc3)C2)nc(C)n1. The van der Waals surface area contributed by atoms with Crippen molar-refractivity contribution in [3.63, 3.8) is 0 Å². The molecule has 0 saturated carbocycles. The van der Waals surface area contributed by atoms with Crippen molar-refractivity contribution in [1.29, 1.82) is 0 Å². The summed E-state index contributed by atoms with van der Waals surface area (Å²) in [6.07, 6.45) is 1.66. The second-order valence-electron chi connectivity index (χ2n) is 6.51. The third kappa shape index (κ3) is 4.91. The van der Waals surface area contributed by atoms with Gasteiger partial charge in [0, 0.05) is 24.8 Å². The van der Waals surface area contributed by atoms with Crippen LogP contribution in [0.4, 0.5) is 9.18 Å². The lowest BCUT2D eigenvalue weighted by Crippen LogP contribution is -2.48. The number of aryl methyl sites for hydroxylation is 2. The first-order chi connectivity index (χ1) is 12.5. The number of benzene rings is 1. The molecule has 0 aliphatic carbocycles. The van der Waals surface area contributed by atoms with Crippen LogP contribution >= 0.6 is 0 Å². The summed E-state index contributed by atoms with van der Waals surface area (Å²) in [7, 11) is 0. The zero-order valence-corrected chi connectivity index (χ0v) is 15.0. The van der Waals surface area contributed by atoms with Gasteiger partial charge in [-0.3, -0.25) is 0 Å². The summed E-state index contributed by atoms with van der Waals surface area (Å²) in [5.74, 6) is 0.935. The Labute approximate surface area is 152 Å². The molecule has 0 bridgehead atoms. The number of urea groups is 1. The molecular weight excluding hydrogens is 335 g/mol. The van der Waals surface area contributed by atoms with Crippen LogP contribution in [-0.4, -0.2) is 40.1 Å². The van der Waals surface area contributed by atoms with E-state index in [0.29, 0.717) is 31.3 Å². The van der Waals surface area contributed by atoms with Crippen LogP contribution in [0, 0.1) is 19.7 Å². The van der Waals surface area contributed by atoms with Gasteiger partial charge in [-0.15, -0.1) is 0 Å². The largest absolute Gasteiger partial charge is 0.472 e. The van der Waals surface area contributed by atoms with Crippen molar-refractivity contribution in [1.82, 2.24) is 20.2 Å². The number of nitrogens with one attached hydrogen (secondary N) is 1. The quantitative estimate of drug-likeness (QED) is 0.912. The van der Waals surface area contributed by atoms with Gasteiger partial charge in [-0.05, 0) is 44.4 Å². The van der Waals surface area contributed by atoms with Crippen molar-refractivity contribution in [3.05, 3.63) is 53.2 Å². The molecule has 1 fully saturated rings. The van der Waals surface area contributed by atoms with Crippen molar-refractivity contribution in [2.24, 2.45) is 0 Å². The van der Waals surface area contributed by atoms with Gasteiger partial charge in [-0.1, -0.05) is 12.1 Å². The second-order valence-corrected chi connectivity index (χ2v) is 6.51. The van der Waals surface area contributed by atoms with E-state index in [1.165, 1.54) is 12.1 Å². The third-order valence-electron chi connectivity index (χ3n) is 4.25. The summed E-state index contributed by atoms with van der Waals surface area (Å²) in [5, 5.41) is 2.87. The van der Waals surface area contributed by atoms with E-state index < -0.39 is 0 Å². The summed E-state index contributed by atoms with van der Waals surface area (Å²) in [4.78, 5) is 22.7. The molecular formula is C19H23FN4O2. The molecule has 138 valence electrons. The van der Waals surface area contributed by atoms with Crippen LogP contribution in [0.3, 0.4) is 0 Å². The van der Waals surface area contributed by atoms with E-state index in [9.17, 15) is 9.18 Å². The van der Waals surface area contributed by atoms with Gasteiger partial charge in [-0.25, -0.2) is 14.2 Å². The minimum absolute atomic E-state index is 0.0889. The standard InChI is InChI=1S/C19H23FN4O2/c1-13-10-18(23-14(2)22-13)26-17-4-3-9-24(12-17)19(25)21-11-15-5-7-16(20)8-6-15/h5-8,10,17H,3-4,9,11-12H2,1-2H3,(H,21,25). The highest BCUT2D eigenvalue weighted by atomic mass is 19.1. The third-order valence-corrected chi connectivity index (χ3v) is 4.25. The van der Waals surface area contributed by atoms with Crippen molar-refractivity contribution >= 4 is 6.03 Å². The van der Waals surface area contributed by atoms with E-state index in [4.69, 9.17) is 4.74 Å². The van der Waals surface area contributed by atoms with Gasteiger partial charge in [0.05, 0.1) is 6.54 Å². The number of piperidine rings is 1. The Morgan fingerprint density at radius 3 is 2.81 bits per heavy atom. The summed E-state index contributed by atoms with van der Waals surface area (Å²) in [5.41, 5.74) is 1.72. The number of aromatic nitrogens is 2. The van der Waals surface area contributed by atoms with Crippen LogP contribution in [-0.2, 0) is 6.54 Å². The Kier molecular flexibility index (Phi) is 5.65. The fourth-order valence-electron chi connectivity index (χ4n) is 3.02. The van der Waals surface area contributed by atoms with Gasteiger partial charge < -0.3 is 15.0 Å². The molecule has 1 aromatic heterocycles. The number of rotatable bonds is 4. The number of ether oxygens (including phenoxy) is 1. The molecule has 2 heterocycles. The molecule has 3 rings (SSSR count). The monoisotopic (exact) mass is 358 g/mol. The topological polar surface area (TPSA) is 67.3 Å². The number of carbonyl (C=O) groups excluding carboxylic acids is 1. The highest BCUT2D eigenvalue weighted by molar-refractivity contribution is 5.74. The van der Waals surface area contributed by atoms with Crippen molar-refractivity contribution < 1.29 is 13.9 Å². The van der Waals surface area contributed by atoms with Crippen molar-refractivity contribution in [3.8, 4) is 5.88 Å². The van der Waals surface area contributed by atoms with Gasteiger partial charge in [0.15, 0.2) is 0 Å². The number of halogens is 1. The predicted octanol–water partition coefficient (Wildman–Crippen LogP) is 2.99. The second kappa shape index (κ2) is 8.12. The van der Waals surface area contributed by atoms with Gasteiger partial charge in [0.25, 0.3) is 0 Å². The maximum atomic E-state index is 12.9. The van der Waals surface area contributed by atoms with E-state index in [0.717, 1.165) is 24.1 Å². The lowest BCUT2D eigenvalue weighted by molar-refractivity contribution is 0.0974. The van der Waals surface area contributed by atoms with Crippen LogP contribution in [0.15, 0.2) is 30.3 Å². The average molecular weight is 358 g/mol. The van der Waals surface area contributed by atoms with Crippen molar-refractivity contribution in [2.45, 2.75) is 39.3 Å². The molecule has 6 nitrogen and oxygen atoms in total. The Morgan fingerprint density at radius 1 is 1.31 bits per heavy atom. The van der Waals surface area contributed by atoms with Gasteiger partial charge in [-0.2, -0.15) is 4.98 Å². The van der Waals surface area contributed by atoms with Crippen LogP contribution in [0.5, 0.6) is 5.88 Å². The molecule has 1 aromatic carbocycles. The van der Waals surface area contributed by atoms with Crippen LogP contribution in [0.25, 0.3) is 0 Å². The molecule has 1 saturated heterocycles. The van der Waals surface area contributed by atoms with E-state index in [-0.39, 0.29) is 18.0 Å². The maximum Gasteiger partial charge on any atom is 0.317 e. The van der Waals surface area contributed by atoms with Gasteiger partial charge in [0.1, 0.15) is 17.7 Å². The molecule has 2 amide bonds. The zero-order valence-electron chi connectivity index (χ0n) is 15.0. The number of amides is 2. The molecule has 7 heteroatoms. The Morgan fingerprint density at radius 2 is 2.08 bits per heavy atom. The molecule has 1 aliphatic rings. The first-order valence-corrected chi connectivity index (χ1v) is 8.76. The summed E-state index contributed by atoms with van der Waals surface area (Å²) in [6.45, 7) is 5.30. The Bertz CT molecular complexity index is 746. The lowest BCUT2D eigenvalue weighted by Gasteiger charge is -2.32. The Balaban J connectivity index is 1.53. The molecule has 0 radical (unpaired) electrons. The van der Waals surface area contributed by atoms with E-state index >= 15 is 0 Å². The molecule has 26 heavy (non-hydrogen) atoms. The van der Waals surface area contributed by atoms with Crippen molar-refractivity contribution in [2.75, 3.05) is 13.1 Å². The minimum Gasteiger partial charge on any atom is -0.472 e. The molecule has 1 N–H and O–H groups in total. The minimum atomic E-state index is -0.286. The molecule has 1 unspecified atom stereocenters. The molecule has 0 spiro atoms. The number of carbonyl (C=O) groups is 1. The van der Waals surface area contributed by atoms with Gasteiger partial charge in [0.2, 0.25) is 5.88 Å². The van der Waals surface area contributed by atoms with Crippen LogP contribution < -0.4 is 10.1 Å². The molecule has 1 aliphatic heterocycles. The summed E-state index contributed by atoms with van der Waals surface area (Å²) >= 11 is 0. The van der Waals surface area contributed by atoms with Crippen LogP contribution in [0.1, 0.15) is 29.9 Å². The predicted molar refractivity (Wildman–Crippen MR) is 95.4 cm³/mol. The van der Waals surface area contributed by atoms with E-state index in [2.05, 4.69) is 15.3 Å². The van der Waals surface area contributed by atoms with E-state index in [1.807, 2.05) is 13.8 Å². The summed E-state index contributed by atoms with van der Waals surface area (Å²) in [6, 6.07) is 7.77. The van der Waals surface area contributed by atoms with Gasteiger partial charge >= 0.3 is 6.03 Å². The fraction of sp³-hybridized carbons (Fsp3) is 0.421. The highest BCUT2D eigenvalue weighted by Gasteiger charge is 2.25. The molecule has 1 atom stereocenters. The zero-order chi connectivity index (χ0) is 18.5. The summed E-state index contributed by atoms with van der Waals surface area (Å²) < 4.78 is 18.9. The average Bonchev–Trinajstić information content (AvgIpc) is 2.60. The number of nitrogens with zero attached hydrogens (tertiary/aromatic N) is 3. The molecule has 2 aromatic rings. The number of likely N-dealkylation sites (tertiary alicyclic amines) is 1. The number of hydrogen-bond acceptors (Lipinski definition) is 4. The fourth-order valence-corrected chi connectivity index (χ4v) is 3.02.